The average molecular weight is 1050 g/mol. The molecule has 3 aromatic heterocycles. The van der Waals surface area contributed by atoms with E-state index in [1.54, 1.807) is 18.6 Å². The number of anilines is 3. The fourth-order valence-electron chi connectivity index (χ4n) is 12.3. The van der Waals surface area contributed by atoms with E-state index < -0.39 is 22.3 Å². The minimum atomic E-state index is -0.956. The van der Waals surface area contributed by atoms with E-state index in [4.69, 9.17) is 38.4 Å². The van der Waals surface area contributed by atoms with Gasteiger partial charge in [0.05, 0.1) is 87.7 Å². The van der Waals surface area contributed by atoms with E-state index in [1.165, 1.54) is 0 Å². The van der Waals surface area contributed by atoms with Crippen molar-refractivity contribution < 1.29 is 42.8 Å². The largest absolute Gasteiger partial charge is 0.492 e. The Hall–Kier alpha value is -4.98. The first-order valence-corrected chi connectivity index (χ1v) is 27.8. The van der Waals surface area contributed by atoms with Gasteiger partial charge < -0.3 is 44.4 Å². The Morgan fingerprint density at radius 3 is 1.51 bits per heavy atom. The van der Waals surface area contributed by atoms with Crippen LogP contribution in [0.4, 0.5) is 17.5 Å². The van der Waals surface area contributed by atoms with Crippen LogP contribution < -0.4 is 30.2 Å². The maximum atomic E-state index is 14.5. The lowest BCUT2D eigenvalue weighted by Crippen LogP contribution is -2.44. The second-order valence-electron chi connectivity index (χ2n) is 24.1. The van der Waals surface area contributed by atoms with Gasteiger partial charge >= 0.3 is 0 Å². The number of ether oxygens (including phenoxy) is 6. The Morgan fingerprint density at radius 2 is 1.07 bits per heavy atom. The van der Waals surface area contributed by atoms with Gasteiger partial charge in [-0.25, -0.2) is 15.0 Å². The van der Waals surface area contributed by atoms with Crippen molar-refractivity contribution in [2.24, 2.45) is 38.4 Å². The van der Waals surface area contributed by atoms with Crippen LogP contribution in [0.3, 0.4) is 0 Å². The molecule has 3 saturated heterocycles. The average Bonchev–Trinajstić information content (AvgIpc) is 3.99. The first kappa shape index (κ1) is 57.2. The van der Waals surface area contributed by atoms with Crippen LogP contribution in [0.5, 0.6) is 17.2 Å². The molecule has 5 unspecified atom stereocenters. The fourth-order valence-corrected chi connectivity index (χ4v) is 12.3. The number of rotatable bonds is 22. The SMILES string of the molecule is CCOc1cnc(NC(=O)C(C)(CC)C(C)Oc2cnc(NC(=O)C3C(C)(C)C3(C)CC(C)Oc3cnc(NC(=O)C4(C)C(C)(C)C4(C)C)cc3CN3CCOCC3)cc2CN2CCOCC2)cc1CN1CCOCC1. The van der Waals surface area contributed by atoms with Crippen LogP contribution in [0.2, 0.25) is 0 Å². The van der Waals surface area contributed by atoms with Gasteiger partial charge in [0, 0.05) is 75.6 Å². The highest BCUT2D eigenvalue weighted by atomic mass is 16.5. The molecule has 3 amide bonds. The summed E-state index contributed by atoms with van der Waals surface area (Å²) in [5.41, 5.74) is 0.188. The quantitative estimate of drug-likeness (QED) is 0.0875. The molecule has 0 spiro atoms. The van der Waals surface area contributed by atoms with Crippen molar-refractivity contribution in [1.82, 2.24) is 29.7 Å². The smallest absolute Gasteiger partial charge is 0.235 e. The molecule has 8 rings (SSSR count). The van der Waals surface area contributed by atoms with Crippen molar-refractivity contribution in [2.75, 3.05) is 101 Å². The van der Waals surface area contributed by atoms with E-state index in [1.807, 2.05) is 59.7 Å². The van der Waals surface area contributed by atoms with E-state index in [9.17, 15) is 14.4 Å². The van der Waals surface area contributed by atoms with E-state index in [-0.39, 0.29) is 46.0 Å². The van der Waals surface area contributed by atoms with Gasteiger partial charge in [-0.1, -0.05) is 55.4 Å². The number of pyridine rings is 3. The summed E-state index contributed by atoms with van der Waals surface area (Å²) in [4.78, 5) is 63.5. The number of morpholine rings is 3. The highest BCUT2D eigenvalue weighted by molar-refractivity contribution is 5.99. The van der Waals surface area contributed by atoms with Gasteiger partial charge in [0.25, 0.3) is 0 Å². The van der Waals surface area contributed by atoms with Crippen LogP contribution >= 0.6 is 0 Å². The maximum Gasteiger partial charge on any atom is 0.235 e. The van der Waals surface area contributed by atoms with Crippen LogP contribution in [-0.4, -0.2) is 145 Å². The third-order valence-corrected chi connectivity index (χ3v) is 19.3. The second kappa shape index (κ2) is 22.8. The maximum absolute atomic E-state index is 14.5. The third kappa shape index (κ3) is 11.4. The van der Waals surface area contributed by atoms with Gasteiger partial charge in [-0.15, -0.1) is 0 Å². The van der Waals surface area contributed by atoms with Crippen LogP contribution in [0.1, 0.15) is 120 Å². The highest BCUT2D eigenvalue weighted by Crippen LogP contribution is 2.78. The summed E-state index contributed by atoms with van der Waals surface area (Å²) < 4.78 is 36.3. The van der Waals surface area contributed by atoms with Gasteiger partial charge in [-0.2, -0.15) is 0 Å². The minimum Gasteiger partial charge on any atom is -0.492 e. The summed E-state index contributed by atoms with van der Waals surface area (Å²) in [6.45, 7) is 37.8. The molecule has 5 fully saturated rings. The summed E-state index contributed by atoms with van der Waals surface area (Å²) in [5.74, 6) is 2.61. The van der Waals surface area contributed by atoms with E-state index in [0.29, 0.717) is 113 Å². The molecule has 5 aliphatic rings. The van der Waals surface area contributed by atoms with E-state index in [2.05, 4.69) is 84.1 Å². The van der Waals surface area contributed by atoms with E-state index >= 15 is 0 Å². The summed E-state index contributed by atoms with van der Waals surface area (Å²) >= 11 is 0. The first-order valence-electron chi connectivity index (χ1n) is 27.8. The normalized spacial score (nSPS) is 24.5. The Morgan fingerprint density at radius 1 is 0.645 bits per heavy atom. The van der Waals surface area contributed by atoms with Gasteiger partial charge in [-0.3, -0.25) is 29.1 Å². The molecule has 3 aromatic rings. The predicted octanol–water partition coefficient (Wildman–Crippen LogP) is 8.06. The van der Waals surface area contributed by atoms with Crippen LogP contribution in [0.15, 0.2) is 36.8 Å². The van der Waals surface area contributed by atoms with Gasteiger partial charge in [-0.05, 0) is 87.3 Å². The number of hydrogen-bond donors (Lipinski definition) is 3. The number of hydrogen-bond acceptors (Lipinski definition) is 15. The number of carbonyl (C=O) groups excluding carboxylic acids is 3. The lowest BCUT2D eigenvalue weighted by molar-refractivity contribution is -0.129. The van der Waals surface area contributed by atoms with Gasteiger partial charge in [0.2, 0.25) is 17.7 Å². The number of nitrogens with one attached hydrogen (secondary N) is 3. The highest BCUT2D eigenvalue weighted by Gasteiger charge is 2.78. The van der Waals surface area contributed by atoms with Crippen molar-refractivity contribution in [3.8, 4) is 17.2 Å². The van der Waals surface area contributed by atoms with Crippen molar-refractivity contribution in [3.63, 3.8) is 0 Å². The molecular formula is C58H87N9O9. The molecule has 18 nitrogen and oxygen atoms in total. The summed E-state index contributed by atoms with van der Waals surface area (Å²) in [5, 5.41) is 9.43. The summed E-state index contributed by atoms with van der Waals surface area (Å²) in [6.07, 6.45) is 5.36. The van der Waals surface area contributed by atoms with Crippen molar-refractivity contribution in [3.05, 3.63) is 53.5 Å². The molecule has 0 radical (unpaired) electrons. The lowest BCUT2D eigenvalue weighted by Gasteiger charge is -2.34. The lowest BCUT2D eigenvalue weighted by atomic mass is 9.81. The van der Waals surface area contributed by atoms with Crippen molar-refractivity contribution >= 4 is 35.2 Å². The molecule has 0 bridgehead atoms. The van der Waals surface area contributed by atoms with Crippen LogP contribution in [0.25, 0.3) is 0 Å². The minimum absolute atomic E-state index is 0.0325. The molecular weight excluding hydrogens is 967 g/mol. The molecule has 2 saturated carbocycles. The standard InChI is InChI=1S/C58H87N9O9/c1-14-56(11,51(69)63-47-28-40(43(32-59-47)74-15-2)35-65-16-22-71-23-17-65)39(4)76-45-34-60-46(29-42(45)37-67-20-26-73-27-21-67)62-50(68)49-53(5,6)57(49,12)31-38(3)75-44-33-61-48(30-41(44)36-66-18-24-72-25-19-66)64-52(70)58(13)54(7,8)55(58,9)10/h28-30,32-34,38-39,49H,14-27,31,35-37H2,1-13H3,(H,59,63,69)(H,60,62,68)(H,61,64,70). The second-order valence-corrected chi connectivity index (χ2v) is 24.1. The number of carbonyl (C=O) groups is 3. The predicted molar refractivity (Wildman–Crippen MR) is 292 cm³/mol. The topological polar surface area (TPSA) is 191 Å². The molecule has 6 heterocycles. The van der Waals surface area contributed by atoms with E-state index in [0.717, 1.165) is 56.0 Å². The third-order valence-electron chi connectivity index (χ3n) is 19.3. The zero-order chi connectivity index (χ0) is 54.8. The Bertz CT molecular complexity index is 2540. The Balaban J connectivity index is 0.944. The zero-order valence-corrected chi connectivity index (χ0v) is 47.8. The zero-order valence-electron chi connectivity index (χ0n) is 47.8. The molecule has 2 aliphatic carbocycles. The summed E-state index contributed by atoms with van der Waals surface area (Å²) in [6, 6.07) is 5.75. The molecule has 3 N–H and O–H groups in total. The number of amides is 3. The molecule has 5 atom stereocenters. The summed E-state index contributed by atoms with van der Waals surface area (Å²) in [7, 11) is 0. The fraction of sp³-hybridized carbons (Fsp3) is 0.690. The molecule has 3 aliphatic heterocycles. The number of nitrogens with zero attached hydrogens (tertiary/aromatic N) is 6. The van der Waals surface area contributed by atoms with Gasteiger partial charge in [0.15, 0.2) is 0 Å². The van der Waals surface area contributed by atoms with Crippen molar-refractivity contribution in [1.29, 1.82) is 0 Å². The molecule has 0 aromatic carbocycles. The van der Waals surface area contributed by atoms with Crippen LogP contribution in [0, 0.1) is 38.4 Å². The Labute approximate surface area is 451 Å². The van der Waals surface area contributed by atoms with Crippen LogP contribution in [-0.2, 0) is 48.2 Å². The molecule has 76 heavy (non-hydrogen) atoms. The monoisotopic (exact) mass is 1050 g/mol. The van der Waals surface area contributed by atoms with Gasteiger partial charge in [0.1, 0.15) is 40.8 Å². The molecule has 18 heteroatoms. The first-order chi connectivity index (χ1) is 36.0. The van der Waals surface area contributed by atoms with Crippen molar-refractivity contribution in [2.45, 2.75) is 135 Å². The number of aromatic nitrogens is 3. The Kier molecular flexibility index (Phi) is 17.1. The molecule has 418 valence electrons.